The second kappa shape index (κ2) is 13.9. The molecule has 0 heterocycles. The maximum atomic E-state index is 15.1. The summed E-state index contributed by atoms with van der Waals surface area (Å²) >= 11 is 0. The number of halogens is 2. The van der Waals surface area contributed by atoms with Crippen LogP contribution in [0.1, 0.15) is 138 Å². The lowest BCUT2D eigenvalue weighted by Crippen LogP contribution is -2.20. The molecule has 2 fully saturated rings. The molecule has 0 radical (unpaired) electrons. The first-order chi connectivity index (χ1) is 18.4. The molecule has 38 heavy (non-hydrogen) atoms. The van der Waals surface area contributed by atoms with Crippen LogP contribution in [-0.4, -0.2) is 0 Å². The fraction of sp³-hybridized carbons (Fsp3) is 0.600. The molecule has 2 aromatic rings. The predicted octanol–water partition coefficient (Wildman–Crippen LogP) is 11.2. The van der Waals surface area contributed by atoms with Crippen molar-refractivity contribution in [3.05, 3.63) is 82.9 Å². The summed E-state index contributed by atoms with van der Waals surface area (Å²) in [5.74, 6) is 2.62. The third kappa shape index (κ3) is 7.78. The minimum Gasteiger partial charge on any atom is -0.309 e. The van der Waals surface area contributed by atoms with Gasteiger partial charge in [0, 0.05) is 0 Å². The number of alkyl halides is 2. The van der Waals surface area contributed by atoms with Crippen LogP contribution < -0.4 is 0 Å². The van der Waals surface area contributed by atoms with Crippen molar-refractivity contribution in [3.8, 4) is 0 Å². The maximum absolute atomic E-state index is 15.1. The summed E-state index contributed by atoms with van der Waals surface area (Å²) in [5, 5.41) is 0. The van der Waals surface area contributed by atoms with Crippen LogP contribution in [-0.2, 0) is 10.8 Å². The molecular formula is C35H48F2O. The van der Waals surface area contributed by atoms with Crippen LogP contribution >= 0.6 is 0 Å². The van der Waals surface area contributed by atoms with E-state index in [-0.39, 0.29) is 5.56 Å². The SMILES string of the molecule is C/C=C/C1CCC(c2ccc(C(F)(F)OC(C)c3ccc(C4CCC(CCCCC)CC4)cc3)cc2)CC1. The highest BCUT2D eigenvalue weighted by Crippen LogP contribution is 2.41. The Morgan fingerprint density at radius 1 is 0.816 bits per heavy atom. The van der Waals surface area contributed by atoms with Gasteiger partial charge >= 0.3 is 6.11 Å². The van der Waals surface area contributed by atoms with Crippen LogP contribution in [0.3, 0.4) is 0 Å². The molecule has 0 amide bonds. The molecule has 2 saturated carbocycles. The zero-order chi connectivity index (χ0) is 27.0. The highest BCUT2D eigenvalue weighted by molar-refractivity contribution is 5.29. The number of benzene rings is 2. The Morgan fingerprint density at radius 3 is 1.92 bits per heavy atom. The quantitative estimate of drug-likeness (QED) is 0.211. The molecule has 208 valence electrons. The van der Waals surface area contributed by atoms with Crippen molar-refractivity contribution in [1.29, 1.82) is 0 Å². The molecule has 0 bridgehead atoms. The Hall–Kier alpha value is -2.00. The van der Waals surface area contributed by atoms with E-state index in [1.165, 1.54) is 75.3 Å². The van der Waals surface area contributed by atoms with Crippen molar-refractivity contribution < 1.29 is 13.5 Å². The molecule has 3 heteroatoms. The van der Waals surface area contributed by atoms with Gasteiger partial charge < -0.3 is 4.74 Å². The van der Waals surface area contributed by atoms with Gasteiger partial charge in [-0.05, 0) is 106 Å². The summed E-state index contributed by atoms with van der Waals surface area (Å²) in [4.78, 5) is 0. The zero-order valence-electron chi connectivity index (χ0n) is 23.8. The number of hydrogen-bond acceptors (Lipinski definition) is 1. The molecule has 0 N–H and O–H groups in total. The fourth-order valence-corrected chi connectivity index (χ4v) is 6.73. The summed E-state index contributed by atoms with van der Waals surface area (Å²) in [6.45, 7) is 6.06. The fourth-order valence-electron chi connectivity index (χ4n) is 6.73. The largest absolute Gasteiger partial charge is 0.383 e. The highest BCUT2D eigenvalue weighted by Gasteiger charge is 2.35. The first-order valence-electron chi connectivity index (χ1n) is 15.3. The second-order valence-corrected chi connectivity index (χ2v) is 11.9. The minimum absolute atomic E-state index is 0.0666. The van der Waals surface area contributed by atoms with Gasteiger partial charge in [0.15, 0.2) is 0 Å². The molecule has 1 nitrogen and oxygen atoms in total. The summed E-state index contributed by atoms with van der Waals surface area (Å²) in [5.41, 5.74) is 3.25. The third-order valence-electron chi connectivity index (χ3n) is 9.22. The summed E-state index contributed by atoms with van der Waals surface area (Å²) < 4.78 is 35.5. The predicted molar refractivity (Wildman–Crippen MR) is 155 cm³/mol. The minimum atomic E-state index is -3.32. The van der Waals surface area contributed by atoms with E-state index in [2.05, 4.69) is 38.1 Å². The Balaban J connectivity index is 1.28. The van der Waals surface area contributed by atoms with Crippen molar-refractivity contribution in [1.82, 2.24) is 0 Å². The molecule has 0 aliphatic heterocycles. The van der Waals surface area contributed by atoms with Gasteiger partial charge in [0.25, 0.3) is 0 Å². The highest BCUT2D eigenvalue weighted by atomic mass is 19.3. The smallest absolute Gasteiger partial charge is 0.309 e. The molecule has 4 rings (SSSR count). The lowest BCUT2D eigenvalue weighted by atomic mass is 9.77. The molecule has 2 aliphatic carbocycles. The van der Waals surface area contributed by atoms with E-state index < -0.39 is 12.2 Å². The van der Waals surface area contributed by atoms with E-state index in [9.17, 15) is 0 Å². The van der Waals surface area contributed by atoms with Crippen LogP contribution in [0.4, 0.5) is 8.78 Å². The van der Waals surface area contributed by atoms with Crippen molar-refractivity contribution >= 4 is 0 Å². The van der Waals surface area contributed by atoms with E-state index in [0.29, 0.717) is 17.8 Å². The molecule has 2 aliphatic rings. The van der Waals surface area contributed by atoms with E-state index in [0.717, 1.165) is 24.3 Å². The van der Waals surface area contributed by atoms with Gasteiger partial charge in [0.2, 0.25) is 0 Å². The van der Waals surface area contributed by atoms with Gasteiger partial charge in [-0.25, -0.2) is 0 Å². The number of ether oxygens (including phenoxy) is 1. The second-order valence-electron chi connectivity index (χ2n) is 11.9. The Bertz CT molecular complexity index is 978. The average Bonchev–Trinajstić information content (AvgIpc) is 2.94. The van der Waals surface area contributed by atoms with Crippen LogP contribution in [0.15, 0.2) is 60.7 Å². The molecule has 0 aromatic heterocycles. The maximum Gasteiger partial charge on any atom is 0.383 e. The number of hydrogen-bond donors (Lipinski definition) is 0. The van der Waals surface area contributed by atoms with E-state index >= 15 is 8.78 Å². The first-order valence-corrected chi connectivity index (χ1v) is 15.3. The zero-order valence-corrected chi connectivity index (χ0v) is 23.8. The summed E-state index contributed by atoms with van der Waals surface area (Å²) in [6.07, 6.45) is 15.5. The monoisotopic (exact) mass is 522 g/mol. The molecular weight excluding hydrogens is 474 g/mol. The Kier molecular flexibility index (Phi) is 10.6. The standard InChI is InChI=1S/C35H48F2O/c1-4-6-7-9-28-12-16-30(17-13-28)32-20-18-29(19-21-32)26(3)38-35(36,37)34-24-22-33(23-25-34)31-14-10-27(8-5-2)11-15-31/h5,8,18-28,30-31H,4,6-7,9-17H2,1-3H3/b8-5+. The summed E-state index contributed by atoms with van der Waals surface area (Å²) in [6, 6.07) is 15.1. The number of unbranched alkanes of at least 4 members (excludes halogenated alkanes) is 2. The Labute approximate surface area is 230 Å². The van der Waals surface area contributed by atoms with Crippen molar-refractivity contribution in [2.45, 2.75) is 122 Å². The number of allylic oxidation sites excluding steroid dienone is 2. The van der Waals surface area contributed by atoms with Gasteiger partial charge in [-0.15, -0.1) is 0 Å². The lowest BCUT2D eigenvalue weighted by molar-refractivity contribution is -0.272. The van der Waals surface area contributed by atoms with Crippen LogP contribution in [0.25, 0.3) is 0 Å². The van der Waals surface area contributed by atoms with Crippen molar-refractivity contribution in [2.75, 3.05) is 0 Å². The topological polar surface area (TPSA) is 9.23 Å². The van der Waals surface area contributed by atoms with Gasteiger partial charge in [0.1, 0.15) is 0 Å². The van der Waals surface area contributed by atoms with Crippen LogP contribution in [0.5, 0.6) is 0 Å². The normalized spacial score (nSPS) is 25.5. The van der Waals surface area contributed by atoms with E-state index in [1.54, 1.807) is 19.1 Å². The van der Waals surface area contributed by atoms with Gasteiger partial charge in [-0.1, -0.05) is 93.3 Å². The number of rotatable bonds is 11. The molecule has 1 unspecified atom stereocenters. The van der Waals surface area contributed by atoms with E-state index in [1.807, 2.05) is 24.3 Å². The van der Waals surface area contributed by atoms with Gasteiger partial charge in [-0.2, -0.15) is 8.78 Å². The van der Waals surface area contributed by atoms with Crippen LogP contribution in [0.2, 0.25) is 0 Å². The molecule has 0 spiro atoms. The van der Waals surface area contributed by atoms with Crippen LogP contribution in [0, 0.1) is 11.8 Å². The molecule has 2 aromatic carbocycles. The van der Waals surface area contributed by atoms with Gasteiger partial charge in [0.05, 0.1) is 11.7 Å². The van der Waals surface area contributed by atoms with Gasteiger partial charge in [-0.3, -0.25) is 0 Å². The average molecular weight is 523 g/mol. The van der Waals surface area contributed by atoms with Crippen molar-refractivity contribution in [2.24, 2.45) is 11.8 Å². The summed E-state index contributed by atoms with van der Waals surface area (Å²) in [7, 11) is 0. The third-order valence-corrected chi connectivity index (χ3v) is 9.22. The molecule has 1 atom stereocenters. The van der Waals surface area contributed by atoms with E-state index in [4.69, 9.17) is 4.74 Å². The molecule has 0 saturated heterocycles. The lowest BCUT2D eigenvalue weighted by Gasteiger charge is -2.29. The Morgan fingerprint density at radius 2 is 1.37 bits per heavy atom. The first kappa shape index (κ1) is 29.0. The van der Waals surface area contributed by atoms with Crippen molar-refractivity contribution in [3.63, 3.8) is 0 Å².